The number of amides is 1. The molecule has 0 saturated heterocycles. The number of methoxy groups -OCH3 is 1. The van der Waals surface area contributed by atoms with Crippen molar-refractivity contribution in [2.45, 2.75) is 25.3 Å². The fourth-order valence-corrected chi connectivity index (χ4v) is 1.97. The molecule has 20 heavy (non-hydrogen) atoms. The van der Waals surface area contributed by atoms with Gasteiger partial charge in [-0.15, -0.1) is 0 Å². The fourth-order valence-electron chi connectivity index (χ4n) is 1.97. The second-order valence-electron chi connectivity index (χ2n) is 4.97. The van der Waals surface area contributed by atoms with Crippen molar-refractivity contribution in [3.05, 3.63) is 35.9 Å². The molecule has 1 amide bonds. The third-order valence-corrected chi connectivity index (χ3v) is 3.27. The van der Waals surface area contributed by atoms with Gasteiger partial charge < -0.3 is 15.4 Å². The molecule has 5 nitrogen and oxygen atoms in total. The van der Waals surface area contributed by atoms with Crippen LogP contribution in [-0.4, -0.2) is 37.5 Å². The zero-order chi connectivity index (χ0) is 15.2. The van der Waals surface area contributed by atoms with E-state index in [-0.39, 0.29) is 11.9 Å². The number of carbonyl (C=O) groups is 2. The Kier molecular flexibility index (Phi) is 5.70. The molecule has 0 bridgehead atoms. The van der Waals surface area contributed by atoms with Crippen molar-refractivity contribution in [1.82, 2.24) is 4.90 Å². The van der Waals surface area contributed by atoms with Crippen LogP contribution in [0, 0.1) is 0 Å². The SMILES string of the molecule is COC(=O)CCCN(C)C(=O)C(C)(N)c1ccccc1. The van der Waals surface area contributed by atoms with Gasteiger partial charge in [0.2, 0.25) is 5.91 Å². The van der Waals surface area contributed by atoms with Crippen LogP contribution >= 0.6 is 0 Å². The van der Waals surface area contributed by atoms with Gasteiger partial charge in [-0.05, 0) is 18.9 Å². The Morgan fingerprint density at radius 3 is 2.45 bits per heavy atom. The second-order valence-corrected chi connectivity index (χ2v) is 4.97. The number of rotatable bonds is 6. The molecule has 0 heterocycles. The van der Waals surface area contributed by atoms with E-state index >= 15 is 0 Å². The molecule has 0 spiro atoms. The quantitative estimate of drug-likeness (QED) is 0.795. The summed E-state index contributed by atoms with van der Waals surface area (Å²) in [6.45, 7) is 2.16. The van der Waals surface area contributed by atoms with E-state index in [9.17, 15) is 9.59 Å². The van der Waals surface area contributed by atoms with Gasteiger partial charge in [0, 0.05) is 20.0 Å². The van der Waals surface area contributed by atoms with E-state index in [2.05, 4.69) is 4.74 Å². The third kappa shape index (κ3) is 4.06. The van der Waals surface area contributed by atoms with Gasteiger partial charge in [0.05, 0.1) is 7.11 Å². The highest BCUT2D eigenvalue weighted by Gasteiger charge is 2.32. The summed E-state index contributed by atoms with van der Waals surface area (Å²) in [5.41, 5.74) is 5.86. The standard InChI is InChI=1S/C15H22N2O3/c1-15(16,12-8-5-4-6-9-12)14(19)17(2)11-7-10-13(18)20-3/h4-6,8-9H,7,10-11,16H2,1-3H3. The Labute approximate surface area is 119 Å². The summed E-state index contributed by atoms with van der Waals surface area (Å²) in [6, 6.07) is 9.25. The van der Waals surface area contributed by atoms with Gasteiger partial charge in [-0.25, -0.2) is 0 Å². The molecule has 0 aliphatic heterocycles. The van der Waals surface area contributed by atoms with Gasteiger partial charge in [-0.2, -0.15) is 0 Å². The molecule has 2 N–H and O–H groups in total. The number of benzene rings is 1. The van der Waals surface area contributed by atoms with Crippen LogP contribution in [0.5, 0.6) is 0 Å². The minimum atomic E-state index is -1.07. The van der Waals surface area contributed by atoms with Crippen molar-refractivity contribution in [1.29, 1.82) is 0 Å². The highest BCUT2D eigenvalue weighted by molar-refractivity contribution is 5.86. The zero-order valence-corrected chi connectivity index (χ0v) is 12.3. The third-order valence-electron chi connectivity index (χ3n) is 3.27. The zero-order valence-electron chi connectivity index (χ0n) is 12.3. The summed E-state index contributed by atoms with van der Waals surface area (Å²) < 4.78 is 4.56. The van der Waals surface area contributed by atoms with Gasteiger partial charge in [-0.3, -0.25) is 9.59 Å². The lowest BCUT2D eigenvalue weighted by Gasteiger charge is -2.29. The highest BCUT2D eigenvalue weighted by Crippen LogP contribution is 2.19. The van der Waals surface area contributed by atoms with Crippen molar-refractivity contribution >= 4 is 11.9 Å². The second kappa shape index (κ2) is 7.05. The molecular weight excluding hydrogens is 256 g/mol. The maximum atomic E-state index is 12.4. The maximum Gasteiger partial charge on any atom is 0.305 e. The van der Waals surface area contributed by atoms with E-state index in [1.54, 1.807) is 18.9 Å². The topological polar surface area (TPSA) is 72.6 Å². The van der Waals surface area contributed by atoms with Gasteiger partial charge >= 0.3 is 5.97 Å². The molecule has 5 heteroatoms. The van der Waals surface area contributed by atoms with E-state index in [0.717, 1.165) is 5.56 Å². The first-order valence-electron chi connectivity index (χ1n) is 6.56. The van der Waals surface area contributed by atoms with Crippen molar-refractivity contribution < 1.29 is 14.3 Å². The predicted molar refractivity (Wildman–Crippen MR) is 76.9 cm³/mol. The number of likely N-dealkylation sites (N-methyl/N-ethyl adjacent to an activating group) is 1. The van der Waals surface area contributed by atoms with Crippen LogP contribution in [0.25, 0.3) is 0 Å². The van der Waals surface area contributed by atoms with Crippen LogP contribution in [0.15, 0.2) is 30.3 Å². The van der Waals surface area contributed by atoms with Crippen molar-refractivity contribution in [2.24, 2.45) is 5.73 Å². The number of nitrogens with two attached hydrogens (primary N) is 1. The number of carbonyl (C=O) groups excluding carboxylic acids is 2. The summed E-state index contributed by atoms with van der Waals surface area (Å²) in [4.78, 5) is 25.0. The Balaban J connectivity index is 2.62. The molecule has 1 unspecified atom stereocenters. The number of nitrogens with zero attached hydrogens (tertiary/aromatic N) is 1. The monoisotopic (exact) mass is 278 g/mol. The molecule has 1 atom stereocenters. The van der Waals surface area contributed by atoms with Gasteiger partial charge in [-0.1, -0.05) is 30.3 Å². The van der Waals surface area contributed by atoms with Crippen LogP contribution in [0.3, 0.4) is 0 Å². The molecule has 0 aromatic heterocycles. The number of hydrogen-bond donors (Lipinski definition) is 1. The fraction of sp³-hybridized carbons (Fsp3) is 0.467. The van der Waals surface area contributed by atoms with E-state index in [1.807, 2.05) is 30.3 Å². The van der Waals surface area contributed by atoms with Crippen LogP contribution in [0.1, 0.15) is 25.3 Å². The van der Waals surface area contributed by atoms with Crippen LogP contribution in [0.4, 0.5) is 0 Å². The molecular formula is C15H22N2O3. The smallest absolute Gasteiger partial charge is 0.305 e. The lowest BCUT2D eigenvalue weighted by atomic mass is 9.91. The van der Waals surface area contributed by atoms with E-state index < -0.39 is 5.54 Å². The molecule has 1 aromatic carbocycles. The van der Waals surface area contributed by atoms with Gasteiger partial charge in [0.15, 0.2) is 0 Å². The minimum Gasteiger partial charge on any atom is -0.469 e. The van der Waals surface area contributed by atoms with Crippen LogP contribution in [-0.2, 0) is 19.9 Å². The molecule has 0 saturated carbocycles. The number of ether oxygens (including phenoxy) is 1. The normalized spacial score (nSPS) is 13.4. The van der Waals surface area contributed by atoms with E-state index in [4.69, 9.17) is 5.73 Å². The molecule has 0 aliphatic rings. The highest BCUT2D eigenvalue weighted by atomic mass is 16.5. The first-order valence-corrected chi connectivity index (χ1v) is 6.56. The minimum absolute atomic E-state index is 0.173. The average molecular weight is 278 g/mol. The lowest BCUT2D eigenvalue weighted by Crippen LogP contribution is -2.49. The average Bonchev–Trinajstić information content (AvgIpc) is 2.46. The number of hydrogen-bond acceptors (Lipinski definition) is 4. The van der Waals surface area contributed by atoms with Crippen LogP contribution < -0.4 is 5.73 Å². The van der Waals surface area contributed by atoms with E-state index in [1.165, 1.54) is 7.11 Å². The van der Waals surface area contributed by atoms with Crippen molar-refractivity contribution in [3.8, 4) is 0 Å². The summed E-state index contributed by atoms with van der Waals surface area (Å²) in [6.07, 6.45) is 0.848. The summed E-state index contributed by atoms with van der Waals surface area (Å²) >= 11 is 0. The first kappa shape index (κ1) is 16.2. The summed E-state index contributed by atoms with van der Waals surface area (Å²) in [5, 5.41) is 0. The number of esters is 1. The molecule has 0 aliphatic carbocycles. The predicted octanol–water partition coefficient (Wildman–Crippen LogP) is 1.27. The Morgan fingerprint density at radius 1 is 1.30 bits per heavy atom. The lowest BCUT2D eigenvalue weighted by molar-refractivity contribution is -0.141. The molecule has 110 valence electrons. The van der Waals surface area contributed by atoms with E-state index in [0.29, 0.717) is 19.4 Å². The first-order chi connectivity index (χ1) is 9.39. The summed E-state index contributed by atoms with van der Waals surface area (Å²) in [5.74, 6) is -0.446. The van der Waals surface area contributed by atoms with Crippen molar-refractivity contribution in [2.75, 3.05) is 20.7 Å². The summed E-state index contributed by atoms with van der Waals surface area (Å²) in [7, 11) is 3.04. The largest absolute Gasteiger partial charge is 0.469 e. The molecule has 1 rings (SSSR count). The van der Waals surface area contributed by atoms with Crippen LogP contribution in [0.2, 0.25) is 0 Å². The molecule has 1 aromatic rings. The molecule has 0 radical (unpaired) electrons. The Bertz CT molecular complexity index is 457. The Morgan fingerprint density at radius 2 is 1.90 bits per heavy atom. The molecule has 0 fully saturated rings. The van der Waals surface area contributed by atoms with Gasteiger partial charge in [0.25, 0.3) is 0 Å². The maximum absolute atomic E-state index is 12.4. The van der Waals surface area contributed by atoms with Gasteiger partial charge in [0.1, 0.15) is 5.54 Å². The van der Waals surface area contributed by atoms with Crippen molar-refractivity contribution in [3.63, 3.8) is 0 Å². The Hall–Kier alpha value is -1.88.